The Hall–Kier alpha value is -2.33. The largest absolute Gasteiger partial charge is 0.399 e. The van der Waals surface area contributed by atoms with Gasteiger partial charge in [0.25, 0.3) is 0 Å². The standard InChI is InChI=1S/C17H18N4/c18-14-5-6-15-16(9-14)20-17(19-15)11-21-8-7-12-3-1-2-4-13(12)10-21/h1-6,9H,7-8,10-11,18H2,(H,19,20). The number of aromatic amines is 1. The maximum Gasteiger partial charge on any atom is 0.121 e. The van der Waals surface area contributed by atoms with E-state index in [9.17, 15) is 0 Å². The molecule has 2 aromatic carbocycles. The van der Waals surface area contributed by atoms with Crippen molar-refractivity contribution >= 4 is 16.7 Å². The number of anilines is 1. The Morgan fingerprint density at radius 1 is 1.14 bits per heavy atom. The number of nitrogens with zero attached hydrogens (tertiary/aromatic N) is 2. The van der Waals surface area contributed by atoms with E-state index in [4.69, 9.17) is 5.73 Å². The second-order valence-corrected chi connectivity index (χ2v) is 5.69. The SMILES string of the molecule is Nc1ccc2nc(CN3CCc4ccccc4C3)[nH]c2c1. The fourth-order valence-electron chi connectivity index (χ4n) is 3.06. The Morgan fingerprint density at radius 3 is 2.90 bits per heavy atom. The van der Waals surface area contributed by atoms with Crippen LogP contribution in [0.25, 0.3) is 11.0 Å². The second kappa shape index (κ2) is 4.90. The van der Waals surface area contributed by atoms with Gasteiger partial charge in [-0.05, 0) is 35.7 Å². The van der Waals surface area contributed by atoms with Gasteiger partial charge in [-0.25, -0.2) is 4.98 Å². The van der Waals surface area contributed by atoms with Crippen molar-refractivity contribution in [2.45, 2.75) is 19.5 Å². The van der Waals surface area contributed by atoms with Crippen LogP contribution in [-0.2, 0) is 19.5 Å². The van der Waals surface area contributed by atoms with Crippen molar-refractivity contribution in [1.82, 2.24) is 14.9 Å². The zero-order valence-electron chi connectivity index (χ0n) is 11.8. The summed E-state index contributed by atoms with van der Waals surface area (Å²) in [7, 11) is 0. The Balaban J connectivity index is 1.55. The van der Waals surface area contributed by atoms with Crippen LogP contribution < -0.4 is 5.73 Å². The molecule has 2 heterocycles. The number of H-pyrrole nitrogens is 1. The molecule has 0 spiro atoms. The van der Waals surface area contributed by atoms with E-state index in [2.05, 4.69) is 39.1 Å². The summed E-state index contributed by atoms with van der Waals surface area (Å²) in [5.74, 6) is 1.01. The van der Waals surface area contributed by atoms with E-state index in [1.54, 1.807) is 0 Å². The minimum absolute atomic E-state index is 0.768. The van der Waals surface area contributed by atoms with E-state index >= 15 is 0 Å². The lowest BCUT2D eigenvalue weighted by atomic mass is 10.00. The van der Waals surface area contributed by atoms with Crippen molar-refractivity contribution in [3.63, 3.8) is 0 Å². The van der Waals surface area contributed by atoms with Crippen LogP contribution in [0.2, 0.25) is 0 Å². The third-order valence-corrected chi connectivity index (χ3v) is 4.14. The molecule has 1 aliphatic rings. The van der Waals surface area contributed by atoms with Crippen molar-refractivity contribution in [3.05, 3.63) is 59.4 Å². The van der Waals surface area contributed by atoms with Gasteiger partial charge >= 0.3 is 0 Å². The Kier molecular flexibility index (Phi) is 2.89. The van der Waals surface area contributed by atoms with Crippen LogP contribution >= 0.6 is 0 Å². The van der Waals surface area contributed by atoms with Gasteiger partial charge in [-0.2, -0.15) is 0 Å². The number of hydrogen-bond acceptors (Lipinski definition) is 3. The van der Waals surface area contributed by atoms with Crippen LogP contribution in [0.4, 0.5) is 5.69 Å². The fourth-order valence-corrected chi connectivity index (χ4v) is 3.06. The molecule has 1 aliphatic heterocycles. The van der Waals surface area contributed by atoms with Crippen molar-refractivity contribution < 1.29 is 0 Å². The fraction of sp³-hybridized carbons (Fsp3) is 0.235. The highest BCUT2D eigenvalue weighted by Gasteiger charge is 2.17. The Bertz CT molecular complexity index is 790. The number of nitrogens with one attached hydrogen (secondary N) is 1. The normalized spacial score (nSPS) is 15.2. The highest BCUT2D eigenvalue weighted by atomic mass is 15.2. The first kappa shape index (κ1) is 12.4. The van der Waals surface area contributed by atoms with E-state index in [0.29, 0.717) is 0 Å². The average Bonchev–Trinajstić information content (AvgIpc) is 2.88. The minimum atomic E-state index is 0.768. The van der Waals surface area contributed by atoms with Crippen LogP contribution in [0, 0.1) is 0 Å². The first-order chi connectivity index (χ1) is 10.3. The van der Waals surface area contributed by atoms with Crippen LogP contribution in [0.15, 0.2) is 42.5 Å². The number of rotatable bonds is 2. The topological polar surface area (TPSA) is 57.9 Å². The molecule has 3 aromatic rings. The maximum atomic E-state index is 5.81. The summed E-state index contributed by atoms with van der Waals surface area (Å²) in [6, 6.07) is 14.5. The first-order valence-electron chi connectivity index (χ1n) is 7.31. The highest BCUT2D eigenvalue weighted by molar-refractivity contribution is 5.78. The molecule has 4 nitrogen and oxygen atoms in total. The zero-order chi connectivity index (χ0) is 14.2. The monoisotopic (exact) mass is 278 g/mol. The van der Waals surface area contributed by atoms with E-state index in [1.165, 1.54) is 11.1 Å². The van der Waals surface area contributed by atoms with E-state index in [1.807, 2.05) is 18.2 Å². The summed E-state index contributed by atoms with van der Waals surface area (Å²) in [5.41, 5.74) is 11.5. The molecule has 0 amide bonds. The maximum absolute atomic E-state index is 5.81. The zero-order valence-corrected chi connectivity index (χ0v) is 11.8. The number of fused-ring (bicyclic) bond motifs is 2. The quantitative estimate of drug-likeness (QED) is 0.709. The number of nitrogens with two attached hydrogens (primary N) is 1. The first-order valence-corrected chi connectivity index (χ1v) is 7.31. The summed E-state index contributed by atoms with van der Waals surface area (Å²) < 4.78 is 0. The van der Waals surface area contributed by atoms with Crippen molar-refractivity contribution in [1.29, 1.82) is 0 Å². The molecule has 106 valence electrons. The number of aromatic nitrogens is 2. The number of benzene rings is 2. The number of nitrogen functional groups attached to an aromatic ring is 1. The van der Waals surface area contributed by atoms with E-state index < -0.39 is 0 Å². The molecule has 0 saturated heterocycles. The average molecular weight is 278 g/mol. The van der Waals surface area contributed by atoms with Crippen molar-refractivity contribution in [2.24, 2.45) is 0 Å². The summed E-state index contributed by atoms with van der Waals surface area (Å²) in [5, 5.41) is 0. The molecule has 21 heavy (non-hydrogen) atoms. The van der Waals surface area contributed by atoms with E-state index in [-0.39, 0.29) is 0 Å². The van der Waals surface area contributed by atoms with Gasteiger partial charge in [-0.1, -0.05) is 24.3 Å². The molecule has 0 atom stereocenters. The van der Waals surface area contributed by atoms with Crippen LogP contribution in [0.1, 0.15) is 17.0 Å². The third-order valence-electron chi connectivity index (χ3n) is 4.14. The summed E-state index contributed by atoms with van der Waals surface area (Å²) in [6.07, 6.45) is 1.11. The van der Waals surface area contributed by atoms with Gasteiger partial charge < -0.3 is 10.7 Å². The highest BCUT2D eigenvalue weighted by Crippen LogP contribution is 2.21. The van der Waals surface area contributed by atoms with Gasteiger partial charge in [0, 0.05) is 18.8 Å². The molecule has 0 saturated carbocycles. The second-order valence-electron chi connectivity index (χ2n) is 5.69. The molecular formula is C17H18N4. The molecule has 4 rings (SSSR count). The molecule has 3 N–H and O–H groups in total. The minimum Gasteiger partial charge on any atom is -0.399 e. The Morgan fingerprint density at radius 2 is 2.00 bits per heavy atom. The lowest BCUT2D eigenvalue weighted by Gasteiger charge is -2.27. The van der Waals surface area contributed by atoms with Gasteiger partial charge in [-0.3, -0.25) is 4.90 Å². The van der Waals surface area contributed by atoms with Gasteiger partial charge in [0.1, 0.15) is 5.82 Å². The third kappa shape index (κ3) is 2.38. The smallest absolute Gasteiger partial charge is 0.121 e. The lowest BCUT2D eigenvalue weighted by molar-refractivity contribution is 0.240. The number of hydrogen-bond donors (Lipinski definition) is 2. The molecule has 0 aliphatic carbocycles. The summed E-state index contributed by atoms with van der Waals surface area (Å²) in [4.78, 5) is 10.5. The van der Waals surface area contributed by atoms with Gasteiger partial charge in [-0.15, -0.1) is 0 Å². The van der Waals surface area contributed by atoms with Crippen molar-refractivity contribution in [3.8, 4) is 0 Å². The lowest BCUT2D eigenvalue weighted by Crippen LogP contribution is -2.30. The van der Waals surface area contributed by atoms with Gasteiger partial charge in [0.05, 0.1) is 17.6 Å². The molecule has 4 heteroatoms. The summed E-state index contributed by atoms with van der Waals surface area (Å²) in [6.45, 7) is 2.93. The number of imidazole rings is 1. The molecule has 0 radical (unpaired) electrons. The van der Waals surface area contributed by atoms with Gasteiger partial charge in [0.15, 0.2) is 0 Å². The predicted molar refractivity (Wildman–Crippen MR) is 84.8 cm³/mol. The van der Waals surface area contributed by atoms with Crippen LogP contribution in [0.5, 0.6) is 0 Å². The van der Waals surface area contributed by atoms with Crippen molar-refractivity contribution in [2.75, 3.05) is 12.3 Å². The van der Waals surface area contributed by atoms with Gasteiger partial charge in [0.2, 0.25) is 0 Å². The molecule has 0 bridgehead atoms. The predicted octanol–water partition coefficient (Wildman–Crippen LogP) is 2.70. The molecule has 0 unspecified atom stereocenters. The Labute approximate surface area is 123 Å². The summed E-state index contributed by atoms with van der Waals surface area (Å²) >= 11 is 0. The van der Waals surface area contributed by atoms with E-state index in [0.717, 1.165) is 48.6 Å². The molecule has 0 fully saturated rings. The molecule has 1 aromatic heterocycles. The van der Waals surface area contributed by atoms with Crippen LogP contribution in [0.3, 0.4) is 0 Å². The molecular weight excluding hydrogens is 260 g/mol. The van der Waals surface area contributed by atoms with Crippen LogP contribution in [-0.4, -0.2) is 21.4 Å².